The van der Waals surface area contributed by atoms with Crippen LogP contribution in [0.3, 0.4) is 0 Å². The summed E-state index contributed by atoms with van der Waals surface area (Å²) in [6.45, 7) is 0.0711. The second-order valence-corrected chi connectivity index (χ2v) is 5.62. The van der Waals surface area contributed by atoms with Crippen LogP contribution in [0.4, 0.5) is 4.39 Å². The molecule has 0 amide bonds. The van der Waals surface area contributed by atoms with Gasteiger partial charge in [-0.2, -0.15) is 4.98 Å². The average molecular weight is 384 g/mol. The zero-order chi connectivity index (χ0) is 15.5. The highest BCUT2D eigenvalue weighted by atomic mass is 79.9. The lowest BCUT2D eigenvalue weighted by atomic mass is 10.2. The minimum Gasteiger partial charge on any atom is -0.483 e. The second-order valence-electron chi connectivity index (χ2n) is 4.35. The van der Waals surface area contributed by atoms with Crippen molar-refractivity contribution in [3.05, 3.63) is 63.7 Å². The van der Waals surface area contributed by atoms with Gasteiger partial charge in [0.2, 0.25) is 5.82 Å². The van der Waals surface area contributed by atoms with Gasteiger partial charge in [-0.05, 0) is 46.3 Å². The van der Waals surface area contributed by atoms with Gasteiger partial charge in [0.1, 0.15) is 11.6 Å². The Labute approximate surface area is 139 Å². The molecule has 0 unspecified atom stereocenters. The van der Waals surface area contributed by atoms with Crippen molar-refractivity contribution in [1.82, 2.24) is 10.1 Å². The zero-order valence-corrected chi connectivity index (χ0v) is 13.4. The predicted molar refractivity (Wildman–Crippen MR) is 83.2 cm³/mol. The van der Waals surface area contributed by atoms with Crippen LogP contribution in [0.2, 0.25) is 5.02 Å². The molecule has 1 heterocycles. The number of nitrogens with zero attached hydrogens (tertiary/aromatic N) is 2. The third-order valence-electron chi connectivity index (χ3n) is 2.83. The average Bonchev–Trinajstić information content (AvgIpc) is 2.95. The van der Waals surface area contributed by atoms with Gasteiger partial charge in [0.15, 0.2) is 6.61 Å². The fourth-order valence-corrected chi connectivity index (χ4v) is 2.48. The third kappa shape index (κ3) is 3.28. The molecule has 0 bridgehead atoms. The van der Waals surface area contributed by atoms with Crippen molar-refractivity contribution in [3.8, 4) is 17.1 Å². The Morgan fingerprint density at radius 3 is 2.82 bits per heavy atom. The number of ether oxygens (including phenoxy) is 1. The predicted octanol–water partition coefficient (Wildman–Crippen LogP) is 4.87. The van der Waals surface area contributed by atoms with E-state index in [9.17, 15) is 4.39 Å². The number of rotatable bonds is 4. The van der Waals surface area contributed by atoms with Crippen molar-refractivity contribution in [1.29, 1.82) is 0 Å². The van der Waals surface area contributed by atoms with Crippen LogP contribution in [0.25, 0.3) is 11.4 Å². The first-order valence-electron chi connectivity index (χ1n) is 6.29. The van der Waals surface area contributed by atoms with Crippen molar-refractivity contribution in [3.63, 3.8) is 0 Å². The fraction of sp³-hybridized carbons (Fsp3) is 0.0667. The van der Waals surface area contributed by atoms with Crippen LogP contribution in [-0.4, -0.2) is 10.1 Å². The van der Waals surface area contributed by atoms with E-state index in [0.29, 0.717) is 32.5 Å². The highest BCUT2D eigenvalue weighted by Gasteiger charge is 2.12. The number of hydrogen-bond acceptors (Lipinski definition) is 4. The Bertz CT molecular complexity index is 810. The summed E-state index contributed by atoms with van der Waals surface area (Å²) in [6, 6.07) is 11.4. The summed E-state index contributed by atoms with van der Waals surface area (Å²) in [5.41, 5.74) is 0.683. The SMILES string of the molecule is Fc1ccc(OCc2nc(-c3ccccc3Cl)no2)c(Br)c1. The molecule has 0 N–H and O–H groups in total. The van der Waals surface area contributed by atoms with Crippen LogP contribution in [0.15, 0.2) is 51.5 Å². The molecule has 0 aliphatic carbocycles. The first-order chi connectivity index (χ1) is 10.6. The van der Waals surface area contributed by atoms with Crippen molar-refractivity contribution in [2.45, 2.75) is 6.61 Å². The van der Waals surface area contributed by atoms with E-state index in [2.05, 4.69) is 26.1 Å². The van der Waals surface area contributed by atoms with Crippen LogP contribution in [0, 0.1) is 5.82 Å². The van der Waals surface area contributed by atoms with Gasteiger partial charge in [-0.1, -0.05) is 28.9 Å². The van der Waals surface area contributed by atoms with E-state index >= 15 is 0 Å². The molecule has 0 fully saturated rings. The van der Waals surface area contributed by atoms with E-state index in [1.165, 1.54) is 18.2 Å². The largest absolute Gasteiger partial charge is 0.483 e. The van der Waals surface area contributed by atoms with E-state index in [-0.39, 0.29) is 12.4 Å². The summed E-state index contributed by atoms with van der Waals surface area (Å²) in [5, 5.41) is 4.41. The number of benzene rings is 2. The molecule has 0 atom stereocenters. The van der Waals surface area contributed by atoms with Gasteiger partial charge in [0.05, 0.1) is 9.50 Å². The Morgan fingerprint density at radius 1 is 1.23 bits per heavy atom. The molecule has 22 heavy (non-hydrogen) atoms. The molecule has 0 aliphatic rings. The zero-order valence-electron chi connectivity index (χ0n) is 11.1. The van der Waals surface area contributed by atoms with Gasteiger partial charge < -0.3 is 9.26 Å². The topological polar surface area (TPSA) is 48.2 Å². The molecule has 0 spiro atoms. The summed E-state index contributed by atoms with van der Waals surface area (Å²) < 4.78 is 24.2. The molecular weight excluding hydrogens is 375 g/mol. The van der Waals surface area contributed by atoms with E-state index in [4.69, 9.17) is 20.9 Å². The maximum atomic E-state index is 13.0. The monoisotopic (exact) mass is 382 g/mol. The standard InChI is InChI=1S/C15H9BrClFN2O2/c16-11-7-9(18)5-6-13(11)21-8-14-19-15(20-22-14)10-3-1-2-4-12(10)17/h1-7H,8H2. The quantitative estimate of drug-likeness (QED) is 0.645. The van der Waals surface area contributed by atoms with Gasteiger partial charge in [-0.25, -0.2) is 4.39 Å². The fourth-order valence-electron chi connectivity index (χ4n) is 1.80. The van der Waals surface area contributed by atoms with Gasteiger partial charge in [-0.3, -0.25) is 0 Å². The van der Waals surface area contributed by atoms with E-state index in [1.54, 1.807) is 12.1 Å². The van der Waals surface area contributed by atoms with Crippen LogP contribution in [0.5, 0.6) is 5.75 Å². The normalized spacial score (nSPS) is 10.7. The minimum atomic E-state index is -0.349. The Morgan fingerprint density at radius 2 is 2.05 bits per heavy atom. The summed E-state index contributed by atoms with van der Waals surface area (Å²) in [4.78, 5) is 4.23. The first-order valence-corrected chi connectivity index (χ1v) is 7.46. The molecule has 0 saturated heterocycles. The molecule has 0 aliphatic heterocycles. The lowest BCUT2D eigenvalue weighted by Gasteiger charge is -2.05. The molecule has 3 aromatic rings. The summed E-state index contributed by atoms with van der Waals surface area (Å²) in [5.74, 6) is 0.824. The Balaban J connectivity index is 1.74. The molecule has 1 aromatic heterocycles. The minimum absolute atomic E-state index is 0.0711. The van der Waals surface area contributed by atoms with Crippen LogP contribution in [-0.2, 0) is 6.61 Å². The second kappa shape index (κ2) is 6.46. The molecule has 7 heteroatoms. The van der Waals surface area contributed by atoms with Crippen LogP contribution < -0.4 is 4.74 Å². The molecule has 2 aromatic carbocycles. The van der Waals surface area contributed by atoms with E-state index in [0.717, 1.165) is 0 Å². The molecule has 3 rings (SSSR count). The summed E-state index contributed by atoms with van der Waals surface area (Å²) >= 11 is 9.30. The lowest BCUT2D eigenvalue weighted by molar-refractivity contribution is 0.241. The van der Waals surface area contributed by atoms with Gasteiger partial charge in [-0.15, -0.1) is 0 Å². The van der Waals surface area contributed by atoms with Gasteiger partial charge >= 0.3 is 0 Å². The van der Waals surface area contributed by atoms with Crippen molar-refractivity contribution in [2.24, 2.45) is 0 Å². The summed E-state index contributed by atoms with van der Waals surface area (Å²) in [6.07, 6.45) is 0. The smallest absolute Gasteiger partial charge is 0.264 e. The van der Waals surface area contributed by atoms with Gasteiger partial charge in [0.25, 0.3) is 5.89 Å². The highest BCUT2D eigenvalue weighted by Crippen LogP contribution is 2.27. The molecule has 112 valence electrons. The van der Waals surface area contributed by atoms with Crippen LogP contribution in [0.1, 0.15) is 5.89 Å². The Kier molecular flexibility index (Phi) is 4.40. The Hall–Kier alpha value is -1.92. The van der Waals surface area contributed by atoms with Crippen LogP contribution >= 0.6 is 27.5 Å². The first kappa shape index (κ1) is 15.0. The third-order valence-corrected chi connectivity index (χ3v) is 3.78. The van der Waals surface area contributed by atoms with E-state index in [1.807, 2.05) is 12.1 Å². The number of hydrogen-bond donors (Lipinski definition) is 0. The lowest BCUT2D eigenvalue weighted by Crippen LogP contribution is -1.96. The number of aromatic nitrogens is 2. The number of halogens is 3. The van der Waals surface area contributed by atoms with Crippen molar-refractivity contribution < 1.29 is 13.7 Å². The van der Waals surface area contributed by atoms with Gasteiger partial charge in [0, 0.05) is 5.56 Å². The van der Waals surface area contributed by atoms with E-state index < -0.39 is 0 Å². The van der Waals surface area contributed by atoms with Crippen molar-refractivity contribution >= 4 is 27.5 Å². The maximum absolute atomic E-state index is 13.0. The maximum Gasteiger partial charge on any atom is 0.264 e. The highest BCUT2D eigenvalue weighted by molar-refractivity contribution is 9.10. The molecule has 4 nitrogen and oxygen atoms in total. The molecule has 0 saturated carbocycles. The molecular formula is C15H9BrClFN2O2. The van der Waals surface area contributed by atoms with Crippen molar-refractivity contribution in [2.75, 3.05) is 0 Å². The molecule has 0 radical (unpaired) electrons. The summed E-state index contributed by atoms with van der Waals surface area (Å²) in [7, 11) is 0.